The highest BCUT2D eigenvalue weighted by molar-refractivity contribution is 14.1. The quantitative estimate of drug-likeness (QED) is 0.0854. The van der Waals surface area contributed by atoms with Gasteiger partial charge >= 0.3 is 5.97 Å². The Labute approximate surface area is 303 Å². The number of aryl methyl sites for hydroxylation is 2. The molecule has 0 aliphatic carbocycles. The molecule has 13 nitrogen and oxygen atoms in total. The van der Waals surface area contributed by atoms with Crippen molar-refractivity contribution in [3.8, 4) is 0 Å². The van der Waals surface area contributed by atoms with E-state index in [1.54, 1.807) is 24.3 Å². The third kappa shape index (κ3) is 10.9. The molecule has 0 bridgehead atoms. The number of aliphatic hydroxyl groups is 1. The van der Waals surface area contributed by atoms with E-state index in [-0.39, 0.29) is 6.42 Å². The Morgan fingerprint density at radius 1 is 0.917 bits per heavy atom. The van der Waals surface area contributed by atoms with Crippen LogP contribution in [0.2, 0.25) is 5.02 Å². The molecule has 5 rings (SSSR count). The first-order chi connectivity index (χ1) is 23.2. The fourth-order valence-electron chi connectivity index (χ4n) is 4.74. The Morgan fingerprint density at radius 3 is 2.19 bits per heavy atom. The van der Waals surface area contributed by atoms with Gasteiger partial charge in [-0.25, -0.2) is 0 Å². The minimum atomic E-state index is -1.38. The summed E-state index contributed by atoms with van der Waals surface area (Å²) in [4.78, 5) is 40.7. The van der Waals surface area contributed by atoms with Crippen LogP contribution in [0.1, 0.15) is 52.6 Å². The van der Waals surface area contributed by atoms with E-state index in [1.807, 2.05) is 18.2 Å². The number of halogens is 2. The van der Waals surface area contributed by atoms with E-state index in [9.17, 15) is 19.5 Å². The number of amides is 2. The van der Waals surface area contributed by atoms with E-state index in [0.29, 0.717) is 59.0 Å². The summed E-state index contributed by atoms with van der Waals surface area (Å²) in [6.07, 6.45) is 0.487. The standard InChI is InChI=1S/C31H33ClIN7O6S2/c32-21-7-3-5-19(17-21)26(42)28(43)34-30-38-36-23(47-30)9-1-2-10-24-37-39-31(48-24)35-29(44)27(20-6-4-8-22(33)18-20)46-25(41)11-12-40-13-15-45-16-14-40/h3-8,17-18,26-27,42H,1-2,9-16H2,(H,34,38,43)(H,35,39,44). The molecule has 1 aliphatic rings. The third-order valence-corrected chi connectivity index (χ3v) is 9.92. The lowest BCUT2D eigenvalue weighted by Gasteiger charge is -2.26. The number of anilines is 2. The summed E-state index contributed by atoms with van der Waals surface area (Å²) < 4.78 is 12.0. The number of hydrogen-bond acceptors (Lipinski definition) is 13. The molecular formula is C31H33ClIN7O6S2. The molecule has 2 unspecified atom stereocenters. The maximum Gasteiger partial charge on any atom is 0.308 e. The van der Waals surface area contributed by atoms with E-state index in [1.165, 1.54) is 28.7 Å². The molecular weight excluding hydrogens is 793 g/mol. The van der Waals surface area contributed by atoms with Crippen LogP contribution in [0, 0.1) is 3.57 Å². The topological polar surface area (TPSA) is 169 Å². The zero-order valence-corrected chi connectivity index (χ0v) is 30.2. The highest BCUT2D eigenvalue weighted by atomic mass is 127. The molecule has 1 fully saturated rings. The highest BCUT2D eigenvalue weighted by Crippen LogP contribution is 2.26. The Morgan fingerprint density at radius 2 is 1.54 bits per heavy atom. The summed E-state index contributed by atoms with van der Waals surface area (Å²) in [5.74, 6) is -1.58. The largest absolute Gasteiger partial charge is 0.447 e. The van der Waals surface area contributed by atoms with Crippen LogP contribution >= 0.6 is 56.9 Å². The molecule has 2 amide bonds. The smallest absolute Gasteiger partial charge is 0.308 e. The number of benzene rings is 2. The number of nitrogens with one attached hydrogen (secondary N) is 2. The van der Waals surface area contributed by atoms with Gasteiger partial charge in [-0.3, -0.25) is 29.9 Å². The molecule has 2 aromatic heterocycles. The Balaban J connectivity index is 1.08. The second-order valence-electron chi connectivity index (χ2n) is 10.8. The number of carbonyl (C=O) groups excluding carboxylic acids is 3. The average molecular weight is 826 g/mol. The highest BCUT2D eigenvalue weighted by Gasteiger charge is 2.27. The van der Waals surface area contributed by atoms with Crippen LogP contribution in [0.15, 0.2) is 48.5 Å². The van der Waals surface area contributed by atoms with Crippen LogP contribution in [0.25, 0.3) is 0 Å². The lowest BCUT2D eigenvalue weighted by atomic mass is 10.1. The van der Waals surface area contributed by atoms with Crippen molar-refractivity contribution >= 4 is 84.9 Å². The second-order valence-corrected chi connectivity index (χ2v) is 14.6. The molecule has 48 heavy (non-hydrogen) atoms. The van der Waals surface area contributed by atoms with Gasteiger partial charge in [-0.2, -0.15) is 0 Å². The molecule has 0 spiro atoms. The number of aromatic nitrogens is 4. The number of unbranched alkanes of at least 4 members (excludes halogenated alkanes) is 1. The number of esters is 1. The van der Waals surface area contributed by atoms with Gasteiger partial charge in [0, 0.05) is 46.6 Å². The summed E-state index contributed by atoms with van der Waals surface area (Å²) in [6, 6.07) is 13.7. The van der Waals surface area contributed by atoms with Crippen LogP contribution in [0.3, 0.4) is 0 Å². The van der Waals surface area contributed by atoms with Gasteiger partial charge < -0.3 is 14.6 Å². The lowest BCUT2D eigenvalue weighted by Crippen LogP contribution is -2.38. The molecule has 254 valence electrons. The predicted molar refractivity (Wildman–Crippen MR) is 190 cm³/mol. The first kappa shape index (κ1) is 36.2. The SMILES string of the molecule is O=C(CCN1CCOCC1)OC(C(=O)Nc1nnc(CCCCc2nnc(NC(=O)C(O)c3cccc(Cl)c3)s2)s1)c1cccc(I)c1. The first-order valence-electron chi connectivity index (χ1n) is 15.2. The summed E-state index contributed by atoms with van der Waals surface area (Å²) in [6.45, 7) is 3.32. The van der Waals surface area contributed by atoms with E-state index in [2.05, 4.69) is 58.5 Å². The fraction of sp³-hybridized carbons (Fsp3) is 0.387. The van der Waals surface area contributed by atoms with Crippen molar-refractivity contribution in [3.05, 3.63) is 78.3 Å². The van der Waals surface area contributed by atoms with E-state index >= 15 is 0 Å². The number of aliphatic hydroxyl groups excluding tert-OH is 1. The summed E-state index contributed by atoms with van der Waals surface area (Å²) in [5.41, 5.74) is 0.953. The molecule has 4 aromatic rings. The number of hydrogen-bond donors (Lipinski definition) is 3. The summed E-state index contributed by atoms with van der Waals surface area (Å²) in [5, 5.41) is 34.7. The molecule has 1 aliphatic heterocycles. The minimum absolute atomic E-state index is 0.163. The fourth-order valence-corrected chi connectivity index (χ4v) is 7.08. The van der Waals surface area contributed by atoms with Gasteiger partial charge in [0.05, 0.1) is 19.6 Å². The predicted octanol–water partition coefficient (Wildman–Crippen LogP) is 4.83. The average Bonchev–Trinajstić information content (AvgIpc) is 3.73. The lowest BCUT2D eigenvalue weighted by molar-refractivity contribution is -0.155. The number of nitrogens with zero attached hydrogens (tertiary/aromatic N) is 5. The second kappa shape index (κ2) is 18.0. The monoisotopic (exact) mass is 825 g/mol. The Hall–Kier alpha value is -3.13. The third-order valence-electron chi connectivity index (χ3n) is 7.21. The molecule has 17 heteroatoms. The number of morpholine rings is 1. The van der Waals surface area contributed by atoms with Crippen molar-refractivity contribution in [2.45, 2.75) is 44.3 Å². The van der Waals surface area contributed by atoms with Gasteiger partial charge in [-0.05, 0) is 65.3 Å². The van der Waals surface area contributed by atoms with E-state index in [4.69, 9.17) is 21.1 Å². The van der Waals surface area contributed by atoms with Crippen molar-refractivity contribution in [1.82, 2.24) is 25.3 Å². The maximum atomic E-state index is 13.3. The molecule has 2 aromatic carbocycles. The van der Waals surface area contributed by atoms with Gasteiger partial charge in [0.25, 0.3) is 11.8 Å². The number of carbonyl (C=O) groups is 3. The number of ether oxygens (including phenoxy) is 2. The van der Waals surface area contributed by atoms with Gasteiger partial charge in [0.2, 0.25) is 16.4 Å². The molecule has 3 heterocycles. The van der Waals surface area contributed by atoms with Crippen molar-refractivity contribution in [3.63, 3.8) is 0 Å². The minimum Gasteiger partial charge on any atom is -0.447 e. The summed E-state index contributed by atoms with van der Waals surface area (Å²) in [7, 11) is 0. The number of rotatable bonds is 15. The van der Waals surface area contributed by atoms with Crippen molar-refractivity contribution in [2.75, 3.05) is 43.5 Å². The zero-order chi connectivity index (χ0) is 33.9. The van der Waals surface area contributed by atoms with Crippen molar-refractivity contribution < 1.29 is 29.0 Å². The molecule has 2 atom stereocenters. The Bertz CT molecular complexity index is 1700. The zero-order valence-electron chi connectivity index (χ0n) is 25.6. The van der Waals surface area contributed by atoms with Crippen LogP contribution in [0.5, 0.6) is 0 Å². The van der Waals surface area contributed by atoms with E-state index in [0.717, 1.165) is 39.5 Å². The van der Waals surface area contributed by atoms with Crippen LogP contribution in [-0.4, -0.2) is 81.0 Å². The molecule has 3 N–H and O–H groups in total. The van der Waals surface area contributed by atoms with E-state index < -0.39 is 30.0 Å². The van der Waals surface area contributed by atoms with Crippen LogP contribution in [-0.2, 0) is 36.7 Å². The van der Waals surface area contributed by atoms with Crippen LogP contribution in [0.4, 0.5) is 10.3 Å². The van der Waals surface area contributed by atoms with Gasteiger partial charge in [-0.15, -0.1) is 20.4 Å². The van der Waals surface area contributed by atoms with Crippen molar-refractivity contribution in [2.24, 2.45) is 0 Å². The van der Waals surface area contributed by atoms with Gasteiger partial charge in [0.1, 0.15) is 10.0 Å². The molecule has 1 saturated heterocycles. The molecule has 0 radical (unpaired) electrons. The molecule has 0 saturated carbocycles. The normalized spacial score (nSPS) is 14.6. The Kier molecular flexibility index (Phi) is 13.6. The van der Waals surface area contributed by atoms with Gasteiger partial charge in [-0.1, -0.05) is 58.5 Å². The van der Waals surface area contributed by atoms with Crippen molar-refractivity contribution in [1.29, 1.82) is 0 Å². The maximum absolute atomic E-state index is 13.3. The van der Waals surface area contributed by atoms with Gasteiger partial charge in [0.15, 0.2) is 6.10 Å². The summed E-state index contributed by atoms with van der Waals surface area (Å²) >= 11 is 10.6. The van der Waals surface area contributed by atoms with Crippen LogP contribution < -0.4 is 10.6 Å². The first-order valence-corrected chi connectivity index (χ1v) is 18.3.